The molecule has 0 unspecified atom stereocenters. The van der Waals surface area contributed by atoms with Crippen molar-refractivity contribution >= 4 is 5.82 Å². The Bertz CT molecular complexity index is 555. The quantitative estimate of drug-likeness (QED) is 0.649. The lowest BCUT2D eigenvalue weighted by Crippen LogP contribution is -2.25. The summed E-state index contributed by atoms with van der Waals surface area (Å²) >= 11 is 0. The second-order valence-electron chi connectivity index (χ2n) is 4.60. The van der Waals surface area contributed by atoms with Crippen LogP contribution in [0, 0.1) is 0 Å². The van der Waals surface area contributed by atoms with Crippen molar-refractivity contribution in [3.8, 4) is 17.3 Å². The third kappa shape index (κ3) is 2.66. The van der Waals surface area contributed by atoms with Crippen molar-refractivity contribution in [1.29, 1.82) is 0 Å². The van der Waals surface area contributed by atoms with Crippen molar-refractivity contribution in [2.24, 2.45) is 5.84 Å². The maximum atomic E-state index is 5.81. The van der Waals surface area contributed by atoms with E-state index in [1.165, 1.54) is 6.42 Å². The second kappa shape index (κ2) is 5.24. The molecular formula is C14H16N4O. The SMILES string of the molecule is NNc1cc(OC2CCC2)nc(-c2ccccc2)n1. The Morgan fingerprint density at radius 3 is 2.58 bits per heavy atom. The van der Waals surface area contributed by atoms with Crippen LogP contribution < -0.4 is 16.0 Å². The molecule has 1 aliphatic carbocycles. The molecule has 1 aliphatic rings. The van der Waals surface area contributed by atoms with Crippen molar-refractivity contribution in [2.45, 2.75) is 25.4 Å². The van der Waals surface area contributed by atoms with E-state index in [9.17, 15) is 0 Å². The Kier molecular flexibility index (Phi) is 3.29. The third-order valence-corrected chi connectivity index (χ3v) is 3.22. The van der Waals surface area contributed by atoms with Gasteiger partial charge in [-0.2, -0.15) is 4.98 Å². The van der Waals surface area contributed by atoms with Gasteiger partial charge < -0.3 is 10.2 Å². The number of hydrogen-bond donors (Lipinski definition) is 2. The van der Waals surface area contributed by atoms with Gasteiger partial charge in [0.1, 0.15) is 11.9 Å². The monoisotopic (exact) mass is 256 g/mol. The van der Waals surface area contributed by atoms with Gasteiger partial charge in [0.25, 0.3) is 0 Å². The van der Waals surface area contributed by atoms with E-state index in [4.69, 9.17) is 10.6 Å². The molecule has 3 N–H and O–H groups in total. The second-order valence-corrected chi connectivity index (χ2v) is 4.60. The van der Waals surface area contributed by atoms with Crippen molar-refractivity contribution in [1.82, 2.24) is 9.97 Å². The number of ether oxygens (including phenoxy) is 1. The molecule has 0 spiro atoms. The van der Waals surface area contributed by atoms with Gasteiger partial charge in [-0.1, -0.05) is 30.3 Å². The highest BCUT2D eigenvalue weighted by molar-refractivity contribution is 5.58. The van der Waals surface area contributed by atoms with Crippen molar-refractivity contribution in [3.05, 3.63) is 36.4 Å². The zero-order valence-corrected chi connectivity index (χ0v) is 10.5. The molecular weight excluding hydrogens is 240 g/mol. The summed E-state index contributed by atoms with van der Waals surface area (Å²) < 4.78 is 5.81. The maximum Gasteiger partial charge on any atom is 0.219 e. The van der Waals surface area contributed by atoms with Crippen LogP contribution >= 0.6 is 0 Å². The molecule has 0 saturated heterocycles. The first-order chi connectivity index (χ1) is 9.35. The number of nitrogens with zero attached hydrogens (tertiary/aromatic N) is 2. The van der Waals surface area contributed by atoms with Gasteiger partial charge in [-0.15, -0.1) is 0 Å². The Morgan fingerprint density at radius 2 is 1.95 bits per heavy atom. The molecule has 0 atom stereocenters. The molecule has 5 nitrogen and oxygen atoms in total. The molecule has 1 aromatic carbocycles. The largest absolute Gasteiger partial charge is 0.474 e. The molecule has 2 aromatic rings. The Hall–Kier alpha value is -2.14. The number of anilines is 1. The van der Waals surface area contributed by atoms with Crippen LogP contribution in [-0.2, 0) is 0 Å². The van der Waals surface area contributed by atoms with E-state index in [1.807, 2.05) is 30.3 Å². The van der Waals surface area contributed by atoms with E-state index in [-0.39, 0.29) is 6.10 Å². The number of hydrogen-bond acceptors (Lipinski definition) is 5. The van der Waals surface area contributed by atoms with E-state index in [0.717, 1.165) is 18.4 Å². The molecule has 3 rings (SSSR count). The van der Waals surface area contributed by atoms with E-state index < -0.39 is 0 Å². The summed E-state index contributed by atoms with van der Waals surface area (Å²) in [7, 11) is 0. The minimum Gasteiger partial charge on any atom is -0.474 e. The average Bonchev–Trinajstić information content (AvgIpc) is 2.43. The Labute approximate surface area is 111 Å². The van der Waals surface area contributed by atoms with Crippen LogP contribution in [0.4, 0.5) is 5.82 Å². The van der Waals surface area contributed by atoms with Crippen molar-refractivity contribution in [3.63, 3.8) is 0 Å². The minimum absolute atomic E-state index is 0.282. The normalized spacial score (nSPS) is 14.8. The maximum absolute atomic E-state index is 5.81. The molecule has 98 valence electrons. The number of hydrazine groups is 1. The summed E-state index contributed by atoms with van der Waals surface area (Å²) in [6.45, 7) is 0. The standard InChI is InChI=1S/C14H16N4O/c15-18-12-9-13(19-11-7-4-8-11)17-14(16-12)10-5-2-1-3-6-10/h1-3,5-6,9,11H,4,7-8,15H2,(H,16,17,18). The lowest BCUT2D eigenvalue weighted by Gasteiger charge is -2.25. The van der Waals surface area contributed by atoms with Gasteiger partial charge in [-0.05, 0) is 19.3 Å². The summed E-state index contributed by atoms with van der Waals surface area (Å²) in [6, 6.07) is 11.5. The van der Waals surface area contributed by atoms with E-state index in [0.29, 0.717) is 17.5 Å². The first kappa shape index (κ1) is 11.9. The molecule has 0 radical (unpaired) electrons. The van der Waals surface area contributed by atoms with Crippen LogP contribution in [0.15, 0.2) is 36.4 Å². The average molecular weight is 256 g/mol. The van der Waals surface area contributed by atoms with Gasteiger partial charge in [-0.3, -0.25) is 0 Å². The fourth-order valence-corrected chi connectivity index (χ4v) is 1.94. The molecule has 0 bridgehead atoms. The summed E-state index contributed by atoms with van der Waals surface area (Å²) in [5, 5.41) is 0. The first-order valence-electron chi connectivity index (χ1n) is 6.43. The minimum atomic E-state index is 0.282. The van der Waals surface area contributed by atoms with Gasteiger partial charge in [0, 0.05) is 11.6 Å². The van der Waals surface area contributed by atoms with Crippen LogP contribution in [0.5, 0.6) is 5.88 Å². The number of benzene rings is 1. The Morgan fingerprint density at radius 1 is 1.16 bits per heavy atom. The molecule has 19 heavy (non-hydrogen) atoms. The summed E-state index contributed by atoms with van der Waals surface area (Å²) in [4.78, 5) is 8.79. The van der Waals surface area contributed by atoms with E-state index in [2.05, 4.69) is 15.4 Å². The lowest BCUT2D eigenvalue weighted by atomic mass is 9.96. The van der Waals surface area contributed by atoms with Crippen LogP contribution in [-0.4, -0.2) is 16.1 Å². The number of nitrogens with one attached hydrogen (secondary N) is 1. The molecule has 0 amide bonds. The molecule has 1 aromatic heterocycles. The predicted octanol–water partition coefficient (Wildman–Crippen LogP) is 2.36. The number of rotatable bonds is 4. The third-order valence-electron chi connectivity index (χ3n) is 3.22. The zero-order valence-electron chi connectivity index (χ0n) is 10.5. The van der Waals surface area contributed by atoms with E-state index in [1.54, 1.807) is 6.07 Å². The van der Waals surface area contributed by atoms with Crippen LogP contribution in [0.25, 0.3) is 11.4 Å². The fourth-order valence-electron chi connectivity index (χ4n) is 1.94. The predicted molar refractivity (Wildman–Crippen MR) is 73.5 cm³/mol. The lowest BCUT2D eigenvalue weighted by molar-refractivity contribution is 0.115. The van der Waals surface area contributed by atoms with Gasteiger partial charge in [-0.25, -0.2) is 10.8 Å². The van der Waals surface area contributed by atoms with Gasteiger partial charge >= 0.3 is 0 Å². The topological polar surface area (TPSA) is 73.1 Å². The highest BCUT2D eigenvalue weighted by Crippen LogP contribution is 2.26. The molecule has 0 aliphatic heterocycles. The van der Waals surface area contributed by atoms with Crippen LogP contribution in [0.1, 0.15) is 19.3 Å². The molecule has 1 fully saturated rings. The van der Waals surface area contributed by atoms with E-state index >= 15 is 0 Å². The van der Waals surface area contributed by atoms with Crippen molar-refractivity contribution in [2.75, 3.05) is 5.43 Å². The summed E-state index contributed by atoms with van der Waals surface area (Å²) in [5.41, 5.74) is 3.50. The zero-order chi connectivity index (χ0) is 13.1. The van der Waals surface area contributed by atoms with Gasteiger partial charge in [0.15, 0.2) is 5.82 Å². The van der Waals surface area contributed by atoms with Crippen LogP contribution in [0.3, 0.4) is 0 Å². The Balaban J connectivity index is 1.92. The summed E-state index contributed by atoms with van der Waals surface area (Å²) in [6.07, 6.45) is 3.69. The fraction of sp³-hybridized carbons (Fsp3) is 0.286. The first-order valence-corrected chi connectivity index (χ1v) is 6.43. The van der Waals surface area contributed by atoms with Gasteiger partial charge in [0.2, 0.25) is 5.88 Å². The van der Waals surface area contributed by atoms with Crippen molar-refractivity contribution < 1.29 is 4.74 Å². The smallest absolute Gasteiger partial charge is 0.219 e. The van der Waals surface area contributed by atoms with Crippen LogP contribution in [0.2, 0.25) is 0 Å². The van der Waals surface area contributed by atoms with Gasteiger partial charge in [0.05, 0.1) is 0 Å². The number of aromatic nitrogens is 2. The molecule has 5 heteroatoms. The highest BCUT2D eigenvalue weighted by atomic mass is 16.5. The highest BCUT2D eigenvalue weighted by Gasteiger charge is 2.20. The molecule has 1 heterocycles. The number of nitrogens with two attached hydrogens (primary N) is 1. The number of nitrogen functional groups attached to an aromatic ring is 1. The summed E-state index contributed by atoms with van der Waals surface area (Å²) in [5.74, 6) is 7.20. The molecule has 1 saturated carbocycles.